The standard InChI is InChI=1S/C22H21N5O2S3/c1-13-3-5-14(6-4-13)27-20(29)18-15-7-9-26(2)11-16(15)32-19(18)25-22(27)31-12-17(28)24-21-23-8-10-30-21/h3-6,8,10H,7,9,11-12H2,1-2H3,(H,23,24,28). The molecule has 3 aromatic heterocycles. The van der Waals surface area contributed by atoms with Gasteiger partial charge in [-0.25, -0.2) is 9.97 Å². The van der Waals surface area contributed by atoms with Gasteiger partial charge in [-0.3, -0.25) is 14.2 Å². The Kier molecular flexibility index (Phi) is 5.85. The topological polar surface area (TPSA) is 80.1 Å². The number of nitrogens with one attached hydrogen (secondary N) is 1. The van der Waals surface area contributed by atoms with Crippen LogP contribution in [0.25, 0.3) is 15.9 Å². The lowest BCUT2D eigenvalue weighted by molar-refractivity contribution is -0.113. The second-order valence-corrected chi connectivity index (χ2v) is 10.6. The Balaban J connectivity index is 1.57. The van der Waals surface area contributed by atoms with Crippen LogP contribution < -0.4 is 10.9 Å². The van der Waals surface area contributed by atoms with Crippen molar-refractivity contribution in [2.24, 2.45) is 0 Å². The SMILES string of the molecule is Cc1ccc(-n2c(SCC(=O)Nc3nccs3)nc3sc4c(c3c2=O)CCN(C)C4)cc1. The monoisotopic (exact) mass is 483 g/mol. The van der Waals surface area contributed by atoms with E-state index >= 15 is 0 Å². The lowest BCUT2D eigenvalue weighted by atomic mass is 10.1. The summed E-state index contributed by atoms with van der Waals surface area (Å²) in [5.74, 6) is -0.0427. The minimum atomic E-state index is -0.179. The molecule has 4 heterocycles. The van der Waals surface area contributed by atoms with Gasteiger partial charge in [-0.15, -0.1) is 22.7 Å². The lowest BCUT2D eigenvalue weighted by Crippen LogP contribution is -2.27. The number of rotatable bonds is 5. The van der Waals surface area contributed by atoms with Gasteiger partial charge in [-0.2, -0.15) is 0 Å². The smallest absolute Gasteiger partial charge is 0.267 e. The summed E-state index contributed by atoms with van der Waals surface area (Å²) in [7, 11) is 2.09. The van der Waals surface area contributed by atoms with Crippen molar-refractivity contribution < 1.29 is 4.79 Å². The van der Waals surface area contributed by atoms with Crippen LogP contribution in [0, 0.1) is 6.92 Å². The summed E-state index contributed by atoms with van der Waals surface area (Å²) in [6, 6.07) is 7.81. The summed E-state index contributed by atoms with van der Waals surface area (Å²) in [6.07, 6.45) is 2.49. The third kappa shape index (κ3) is 4.11. The number of carbonyl (C=O) groups excluding carboxylic acids is 1. The van der Waals surface area contributed by atoms with Crippen LogP contribution in [0.2, 0.25) is 0 Å². The largest absolute Gasteiger partial charge is 0.301 e. The van der Waals surface area contributed by atoms with Gasteiger partial charge in [0.05, 0.1) is 16.8 Å². The fraction of sp³-hybridized carbons (Fsp3) is 0.273. The van der Waals surface area contributed by atoms with Gasteiger partial charge in [-0.05, 0) is 38.1 Å². The van der Waals surface area contributed by atoms with Crippen molar-refractivity contribution in [3.8, 4) is 5.69 Å². The molecule has 0 atom stereocenters. The second-order valence-electron chi connectivity index (χ2n) is 7.72. The molecule has 32 heavy (non-hydrogen) atoms. The Bertz CT molecular complexity index is 1340. The summed E-state index contributed by atoms with van der Waals surface area (Å²) in [5.41, 5.74) is 2.93. The van der Waals surface area contributed by atoms with Gasteiger partial charge >= 0.3 is 0 Å². The Labute approximate surface area is 197 Å². The molecule has 0 bridgehead atoms. The Morgan fingerprint density at radius 3 is 2.84 bits per heavy atom. The van der Waals surface area contributed by atoms with E-state index in [4.69, 9.17) is 4.98 Å². The number of anilines is 1. The number of aryl methyl sites for hydroxylation is 1. The number of thiazole rings is 1. The molecule has 4 aromatic rings. The van der Waals surface area contributed by atoms with Crippen molar-refractivity contribution in [3.05, 3.63) is 62.2 Å². The highest BCUT2D eigenvalue weighted by Crippen LogP contribution is 2.34. The summed E-state index contributed by atoms with van der Waals surface area (Å²) in [4.78, 5) is 39.4. The molecule has 0 fully saturated rings. The van der Waals surface area contributed by atoms with Crippen molar-refractivity contribution in [1.82, 2.24) is 19.4 Å². The van der Waals surface area contributed by atoms with Crippen LogP contribution >= 0.6 is 34.4 Å². The number of thiophene rings is 1. The molecule has 7 nitrogen and oxygen atoms in total. The molecule has 5 rings (SSSR count). The highest BCUT2D eigenvalue weighted by atomic mass is 32.2. The van der Waals surface area contributed by atoms with Gasteiger partial charge in [0.25, 0.3) is 5.56 Å². The highest BCUT2D eigenvalue weighted by molar-refractivity contribution is 7.99. The second kappa shape index (κ2) is 8.78. The first-order valence-electron chi connectivity index (χ1n) is 10.1. The molecule has 1 N–H and O–H groups in total. The van der Waals surface area contributed by atoms with Crippen molar-refractivity contribution in [2.75, 3.05) is 24.7 Å². The molecule has 1 aliphatic rings. The van der Waals surface area contributed by atoms with E-state index in [1.165, 1.54) is 28.0 Å². The quantitative estimate of drug-likeness (QED) is 0.342. The minimum Gasteiger partial charge on any atom is -0.301 e. The molecule has 1 aliphatic heterocycles. The molecule has 0 aliphatic carbocycles. The number of amides is 1. The van der Waals surface area contributed by atoms with E-state index in [1.54, 1.807) is 22.1 Å². The Morgan fingerprint density at radius 2 is 2.09 bits per heavy atom. The molecule has 0 radical (unpaired) electrons. The van der Waals surface area contributed by atoms with Gasteiger partial charge in [0.1, 0.15) is 4.83 Å². The normalized spacial score (nSPS) is 13.9. The van der Waals surface area contributed by atoms with Crippen molar-refractivity contribution in [2.45, 2.75) is 25.0 Å². The number of thioether (sulfide) groups is 1. The van der Waals surface area contributed by atoms with Crippen molar-refractivity contribution in [1.29, 1.82) is 0 Å². The van der Waals surface area contributed by atoms with Crippen LogP contribution in [0.4, 0.5) is 5.13 Å². The summed E-state index contributed by atoms with van der Waals surface area (Å²) in [6.45, 7) is 3.77. The number of likely N-dealkylation sites (N-methyl/N-ethyl adjacent to an activating group) is 1. The van der Waals surface area contributed by atoms with Crippen molar-refractivity contribution in [3.63, 3.8) is 0 Å². The Hall–Kier alpha value is -2.53. The van der Waals surface area contributed by atoms with Crippen molar-refractivity contribution >= 4 is 55.7 Å². The number of benzene rings is 1. The van der Waals surface area contributed by atoms with Crippen LogP contribution in [-0.4, -0.2) is 44.7 Å². The fourth-order valence-electron chi connectivity index (χ4n) is 3.74. The maximum atomic E-state index is 13.7. The van der Waals surface area contributed by atoms with E-state index < -0.39 is 0 Å². The van der Waals surface area contributed by atoms with E-state index in [0.717, 1.165) is 46.5 Å². The molecule has 164 valence electrons. The zero-order valence-corrected chi connectivity index (χ0v) is 20.1. The molecule has 0 saturated heterocycles. The Morgan fingerprint density at radius 1 is 1.28 bits per heavy atom. The van der Waals surface area contributed by atoms with E-state index in [2.05, 4.69) is 22.2 Å². The van der Waals surface area contributed by atoms with Crippen LogP contribution in [-0.2, 0) is 17.8 Å². The summed E-state index contributed by atoms with van der Waals surface area (Å²) >= 11 is 4.22. The van der Waals surface area contributed by atoms with Crippen LogP contribution in [0.3, 0.4) is 0 Å². The maximum Gasteiger partial charge on any atom is 0.267 e. The molecule has 10 heteroatoms. The van der Waals surface area contributed by atoms with E-state index in [-0.39, 0.29) is 17.2 Å². The number of hydrogen-bond donors (Lipinski definition) is 1. The average molecular weight is 484 g/mol. The number of fused-ring (bicyclic) bond motifs is 3. The van der Waals surface area contributed by atoms with E-state index in [1.807, 2.05) is 36.6 Å². The van der Waals surface area contributed by atoms with Crippen LogP contribution in [0.1, 0.15) is 16.0 Å². The van der Waals surface area contributed by atoms with Gasteiger partial charge in [0.2, 0.25) is 5.91 Å². The number of aromatic nitrogens is 3. The zero-order valence-electron chi connectivity index (χ0n) is 17.6. The first-order chi connectivity index (χ1) is 15.5. The highest BCUT2D eigenvalue weighted by Gasteiger charge is 2.24. The summed E-state index contributed by atoms with van der Waals surface area (Å²) < 4.78 is 1.65. The molecule has 1 amide bonds. The van der Waals surface area contributed by atoms with Gasteiger partial charge in [0, 0.05) is 29.5 Å². The first kappa shape index (κ1) is 21.3. The van der Waals surface area contributed by atoms with Crippen LogP contribution in [0.15, 0.2) is 45.8 Å². The van der Waals surface area contributed by atoms with Crippen LogP contribution in [0.5, 0.6) is 0 Å². The van der Waals surface area contributed by atoms with E-state index in [9.17, 15) is 9.59 Å². The molecule has 0 saturated carbocycles. The fourth-order valence-corrected chi connectivity index (χ4v) is 6.44. The van der Waals surface area contributed by atoms with Gasteiger partial charge < -0.3 is 10.2 Å². The lowest BCUT2D eigenvalue weighted by Gasteiger charge is -2.21. The number of carbonyl (C=O) groups is 1. The maximum absolute atomic E-state index is 13.7. The molecular weight excluding hydrogens is 462 g/mol. The first-order valence-corrected chi connectivity index (χ1v) is 12.8. The van der Waals surface area contributed by atoms with Gasteiger partial charge in [0.15, 0.2) is 10.3 Å². The molecular formula is C22H21N5O2S3. The minimum absolute atomic E-state index is 0.0660. The predicted octanol–water partition coefficient (Wildman–Crippen LogP) is 3.93. The third-order valence-corrected chi connectivity index (χ3v) is 8.08. The van der Waals surface area contributed by atoms with Gasteiger partial charge in [-0.1, -0.05) is 29.5 Å². The number of hydrogen-bond acceptors (Lipinski definition) is 8. The molecule has 0 unspecified atom stereocenters. The van der Waals surface area contributed by atoms with E-state index in [0.29, 0.717) is 10.3 Å². The zero-order chi connectivity index (χ0) is 22.2. The summed E-state index contributed by atoms with van der Waals surface area (Å²) in [5, 5.41) is 6.39. The third-order valence-electron chi connectivity index (χ3n) is 5.34. The molecule has 0 spiro atoms. The number of nitrogens with zero attached hydrogens (tertiary/aromatic N) is 4. The predicted molar refractivity (Wildman–Crippen MR) is 131 cm³/mol. The average Bonchev–Trinajstić information content (AvgIpc) is 3.40. The molecule has 1 aromatic carbocycles.